The third-order valence-electron chi connectivity index (χ3n) is 3.80. The molecule has 0 radical (unpaired) electrons. The first-order chi connectivity index (χ1) is 11.5. The average Bonchev–Trinajstić information content (AvgIpc) is 3.07. The first-order valence-corrected chi connectivity index (χ1v) is 8.20. The zero-order valence-corrected chi connectivity index (χ0v) is 14.4. The molecule has 128 valence electrons. The van der Waals surface area contributed by atoms with Crippen LogP contribution in [0.5, 0.6) is 0 Å². The molecule has 1 aromatic heterocycles. The Kier molecular flexibility index (Phi) is 6.18. The van der Waals surface area contributed by atoms with E-state index in [0.29, 0.717) is 25.3 Å². The van der Waals surface area contributed by atoms with Gasteiger partial charge in [0.15, 0.2) is 5.76 Å². The number of anilines is 1. The molecule has 24 heavy (non-hydrogen) atoms. The van der Waals surface area contributed by atoms with E-state index in [2.05, 4.69) is 24.5 Å². The monoisotopic (exact) mass is 328 g/mol. The van der Waals surface area contributed by atoms with Crippen molar-refractivity contribution in [3.05, 3.63) is 53.5 Å². The Labute approximate surface area is 142 Å². The van der Waals surface area contributed by atoms with Gasteiger partial charge in [0.05, 0.1) is 6.26 Å². The maximum atomic E-state index is 12.2. The van der Waals surface area contributed by atoms with E-state index in [1.54, 1.807) is 12.1 Å². The lowest BCUT2D eigenvalue weighted by molar-refractivity contribution is -0.116. The summed E-state index contributed by atoms with van der Waals surface area (Å²) >= 11 is 0. The number of carbonyl (C=O) groups is 2. The smallest absolute Gasteiger partial charge is 0.286 e. The van der Waals surface area contributed by atoms with Gasteiger partial charge in [0.25, 0.3) is 5.91 Å². The number of furan rings is 1. The van der Waals surface area contributed by atoms with Gasteiger partial charge in [-0.3, -0.25) is 9.59 Å². The molecule has 2 N–H and O–H groups in total. The largest absolute Gasteiger partial charge is 0.459 e. The van der Waals surface area contributed by atoms with Crippen molar-refractivity contribution in [2.75, 3.05) is 11.9 Å². The van der Waals surface area contributed by atoms with Gasteiger partial charge < -0.3 is 15.1 Å². The van der Waals surface area contributed by atoms with E-state index in [1.165, 1.54) is 6.26 Å². The first kappa shape index (κ1) is 17.8. The summed E-state index contributed by atoms with van der Waals surface area (Å²) in [6.07, 6.45) is 2.38. The van der Waals surface area contributed by atoms with Gasteiger partial charge >= 0.3 is 0 Å². The van der Waals surface area contributed by atoms with Crippen LogP contribution in [-0.4, -0.2) is 18.4 Å². The predicted molar refractivity (Wildman–Crippen MR) is 94.2 cm³/mol. The van der Waals surface area contributed by atoms with Crippen LogP contribution in [0.1, 0.15) is 54.3 Å². The van der Waals surface area contributed by atoms with Crippen molar-refractivity contribution in [3.63, 3.8) is 0 Å². The van der Waals surface area contributed by atoms with Crippen LogP contribution >= 0.6 is 0 Å². The molecule has 0 saturated carbocycles. The Hall–Kier alpha value is -2.56. The summed E-state index contributed by atoms with van der Waals surface area (Å²) in [6.45, 7) is 6.63. The average molecular weight is 328 g/mol. The Bertz CT molecular complexity index is 691. The maximum absolute atomic E-state index is 12.2. The van der Waals surface area contributed by atoms with E-state index >= 15 is 0 Å². The molecule has 2 amide bonds. The Morgan fingerprint density at radius 3 is 2.62 bits per heavy atom. The van der Waals surface area contributed by atoms with Crippen LogP contribution in [0.3, 0.4) is 0 Å². The van der Waals surface area contributed by atoms with Crippen molar-refractivity contribution in [2.24, 2.45) is 0 Å². The van der Waals surface area contributed by atoms with Crippen LogP contribution in [0.2, 0.25) is 0 Å². The molecule has 5 heteroatoms. The molecule has 0 bridgehead atoms. The summed E-state index contributed by atoms with van der Waals surface area (Å²) < 4.78 is 5.01. The highest BCUT2D eigenvalue weighted by Gasteiger charge is 2.12. The summed E-state index contributed by atoms with van der Waals surface area (Å²) in [7, 11) is 0. The van der Waals surface area contributed by atoms with Crippen molar-refractivity contribution in [1.29, 1.82) is 0 Å². The number of amides is 2. The summed E-state index contributed by atoms with van der Waals surface area (Å²) in [6, 6.07) is 9.30. The normalized spacial score (nSPS) is 10.7. The topological polar surface area (TPSA) is 71.3 Å². The lowest BCUT2D eigenvalue weighted by Crippen LogP contribution is -2.25. The van der Waals surface area contributed by atoms with Crippen molar-refractivity contribution < 1.29 is 14.0 Å². The number of benzene rings is 1. The molecule has 0 aliphatic carbocycles. The summed E-state index contributed by atoms with van der Waals surface area (Å²) in [5.41, 5.74) is 3.09. The molecule has 0 atom stereocenters. The number of hydrogen-bond donors (Lipinski definition) is 2. The standard InChI is InChI=1S/C19H24N2O3/c1-13(2)15-8-4-7-14(3)18(15)21-17(22)10-5-11-20-19(23)16-9-6-12-24-16/h4,6-9,12-13H,5,10-11H2,1-3H3,(H,20,23)(H,21,22). The highest BCUT2D eigenvalue weighted by molar-refractivity contribution is 5.93. The molecule has 0 aliphatic rings. The van der Waals surface area contributed by atoms with E-state index in [1.807, 2.05) is 25.1 Å². The van der Waals surface area contributed by atoms with Crippen LogP contribution in [0, 0.1) is 6.92 Å². The van der Waals surface area contributed by atoms with Gasteiger partial charge in [-0.2, -0.15) is 0 Å². The van der Waals surface area contributed by atoms with Gasteiger partial charge in [-0.1, -0.05) is 32.0 Å². The molecular formula is C19H24N2O3. The number of nitrogens with one attached hydrogen (secondary N) is 2. The van der Waals surface area contributed by atoms with Gasteiger partial charge in [0.2, 0.25) is 5.91 Å². The van der Waals surface area contributed by atoms with Crippen molar-refractivity contribution in [2.45, 2.75) is 39.5 Å². The number of rotatable bonds is 7. The summed E-state index contributed by atoms with van der Waals surface area (Å²) in [5.74, 6) is 0.313. The number of para-hydroxylation sites is 1. The van der Waals surface area contributed by atoms with E-state index < -0.39 is 0 Å². The van der Waals surface area contributed by atoms with Crippen molar-refractivity contribution in [3.8, 4) is 0 Å². The van der Waals surface area contributed by atoms with Crippen LogP contribution in [0.15, 0.2) is 41.0 Å². The van der Waals surface area contributed by atoms with Gasteiger partial charge in [-0.15, -0.1) is 0 Å². The Balaban J connectivity index is 1.81. The zero-order valence-electron chi connectivity index (χ0n) is 14.4. The Morgan fingerprint density at radius 2 is 1.96 bits per heavy atom. The second-order valence-corrected chi connectivity index (χ2v) is 6.08. The zero-order chi connectivity index (χ0) is 17.5. The van der Waals surface area contributed by atoms with E-state index in [4.69, 9.17) is 4.42 Å². The maximum Gasteiger partial charge on any atom is 0.286 e. The molecule has 0 aliphatic heterocycles. The van der Waals surface area contributed by atoms with Crippen LogP contribution in [-0.2, 0) is 4.79 Å². The summed E-state index contributed by atoms with van der Waals surface area (Å²) in [4.78, 5) is 23.9. The fourth-order valence-corrected chi connectivity index (χ4v) is 2.49. The van der Waals surface area contributed by atoms with Gasteiger partial charge in [0.1, 0.15) is 0 Å². The lowest BCUT2D eigenvalue weighted by atomic mass is 9.98. The highest BCUT2D eigenvalue weighted by Crippen LogP contribution is 2.27. The number of carbonyl (C=O) groups excluding carboxylic acids is 2. The molecule has 1 aromatic carbocycles. The minimum Gasteiger partial charge on any atom is -0.459 e. The van der Waals surface area contributed by atoms with Crippen molar-refractivity contribution >= 4 is 17.5 Å². The molecule has 0 fully saturated rings. The lowest BCUT2D eigenvalue weighted by Gasteiger charge is -2.16. The molecular weight excluding hydrogens is 304 g/mol. The fraction of sp³-hybridized carbons (Fsp3) is 0.368. The molecule has 1 heterocycles. The predicted octanol–water partition coefficient (Wildman–Crippen LogP) is 3.86. The molecule has 2 aromatic rings. The van der Waals surface area contributed by atoms with Gasteiger partial charge in [-0.05, 0) is 42.5 Å². The molecule has 0 spiro atoms. The summed E-state index contributed by atoms with van der Waals surface area (Å²) in [5, 5.41) is 5.74. The molecule has 0 unspecified atom stereocenters. The number of aryl methyl sites for hydroxylation is 1. The van der Waals surface area contributed by atoms with E-state index in [9.17, 15) is 9.59 Å². The molecule has 0 saturated heterocycles. The SMILES string of the molecule is Cc1cccc(C(C)C)c1NC(=O)CCCNC(=O)c1ccco1. The van der Waals surface area contributed by atoms with E-state index in [0.717, 1.165) is 16.8 Å². The fourth-order valence-electron chi connectivity index (χ4n) is 2.49. The minimum atomic E-state index is -0.263. The van der Waals surface area contributed by atoms with Crippen molar-refractivity contribution in [1.82, 2.24) is 5.32 Å². The van der Waals surface area contributed by atoms with Crippen LogP contribution in [0.25, 0.3) is 0 Å². The van der Waals surface area contributed by atoms with Crippen LogP contribution in [0.4, 0.5) is 5.69 Å². The Morgan fingerprint density at radius 1 is 1.17 bits per heavy atom. The highest BCUT2D eigenvalue weighted by atomic mass is 16.3. The third-order valence-corrected chi connectivity index (χ3v) is 3.80. The molecule has 5 nitrogen and oxygen atoms in total. The van der Waals surface area contributed by atoms with Crippen LogP contribution < -0.4 is 10.6 Å². The molecule has 2 rings (SSSR count). The second kappa shape index (κ2) is 8.34. The van der Waals surface area contributed by atoms with E-state index in [-0.39, 0.29) is 17.6 Å². The van der Waals surface area contributed by atoms with Gasteiger partial charge in [-0.25, -0.2) is 0 Å². The first-order valence-electron chi connectivity index (χ1n) is 8.20. The quantitative estimate of drug-likeness (QED) is 0.758. The van der Waals surface area contributed by atoms with Gasteiger partial charge in [0, 0.05) is 18.7 Å². The number of hydrogen-bond acceptors (Lipinski definition) is 3. The minimum absolute atomic E-state index is 0.0431. The third kappa shape index (κ3) is 4.72. The second-order valence-electron chi connectivity index (χ2n) is 6.08.